The molecule has 0 unspecified atom stereocenters. The molecule has 0 aliphatic heterocycles. The van der Waals surface area contributed by atoms with Crippen LogP contribution >= 0.6 is 0 Å². The van der Waals surface area contributed by atoms with Gasteiger partial charge in [0.25, 0.3) is 0 Å². The van der Waals surface area contributed by atoms with E-state index < -0.39 is 0 Å². The lowest BCUT2D eigenvalue weighted by atomic mass is 9.78. The summed E-state index contributed by atoms with van der Waals surface area (Å²) in [6.07, 6.45) is 6.53. The standard InChI is InChI=1S/C23H31NO/c1-2-15-24-17-19-11-13-21(14-12-19)22-9-6-10-23(16-22)25-18-20-7-4-3-5-8-20/h3-10,16,19,21,24H,2,11-15,17-18H2,1H3. The summed E-state index contributed by atoms with van der Waals surface area (Å²) in [7, 11) is 0. The van der Waals surface area contributed by atoms with Crippen molar-refractivity contribution in [2.24, 2.45) is 5.92 Å². The van der Waals surface area contributed by atoms with Crippen LogP contribution < -0.4 is 10.1 Å². The zero-order chi connectivity index (χ0) is 17.3. The second-order valence-electron chi connectivity index (χ2n) is 7.27. The van der Waals surface area contributed by atoms with Crippen LogP contribution in [-0.2, 0) is 6.61 Å². The van der Waals surface area contributed by atoms with Gasteiger partial charge in [0, 0.05) is 0 Å². The van der Waals surface area contributed by atoms with Gasteiger partial charge < -0.3 is 10.1 Å². The van der Waals surface area contributed by atoms with E-state index in [-0.39, 0.29) is 0 Å². The molecule has 2 nitrogen and oxygen atoms in total. The zero-order valence-corrected chi connectivity index (χ0v) is 15.4. The Bertz CT molecular complexity index is 617. The first-order valence-electron chi connectivity index (χ1n) is 9.82. The normalized spacial score (nSPS) is 20.4. The fourth-order valence-electron chi connectivity index (χ4n) is 3.78. The highest BCUT2D eigenvalue weighted by Crippen LogP contribution is 2.36. The molecular formula is C23H31NO. The Balaban J connectivity index is 1.50. The van der Waals surface area contributed by atoms with Crippen LogP contribution in [-0.4, -0.2) is 13.1 Å². The van der Waals surface area contributed by atoms with Crippen molar-refractivity contribution in [1.29, 1.82) is 0 Å². The molecule has 134 valence electrons. The molecule has 0 bridgehead atoms. The highest BCUT2D eigenvalue weighted by molar-refractivity contribution is 5.31. The van der Waals surface area contributed by atoms with Crippen LogP contribution in [0, 0.1) is 5.92 Å². The van der Waals surface area contributed by atoms with Crippen LogP contribution in [0.4, 0.5) is 0 Å². The quantitative estimate of drug-likeness (QED) is 0.639. The van der Waals surface area contributed by atoms with Crippen molar-refractivity contribution in [3.05, 3.63) is 65.7 Å². The fourth-order valence-corrected chi connectivity index (χ4v) is 3.78. The predicted molar refractivity (Wildman–Crippen MR) is 105 cm³/mol. The van der Waals surface area contributed by atoms with Crippen molar-refractivity contribution < 1.29 is 4.74 Å². The molecule has 3 rings (SSSR count). The number of hydrogen-bond donors (Lipinski definition) is 1. The van der Waals surface area contributed by atoms with E-state index in [4.69, 9.17) is 4.74 Å². The fraction of sp³-hybridized carbons (Fsp3) is 0.478. The van der Waals surface area contributed by atoms with Crippen LogP contribution in [0.3, 0.4) is 0 Å². The van der Waals surface area contributed by atoms with E-state index in [9.17, 15) is 0 Å². The first-order chi connectivity index (χ1) is 12.3. The van der Waals surface area contributed by atoms with E-state index in [2.05, 4.69) is 60.8 Å². The smallest absolute Gasteiger partial charge is 0.120 e. The Morgan fingerprint density at radius 2 is 1.76 bits per heavy atom. The second-order valence-corrected chi connectivity index (χ2v) is 7.27. The van der Waals surface area contributed by atoms with Crippen LogP contribution in [0.1, 0.15) is 56.1 Å². The van der Waals surface area contributed by atoms with Crippen molar-refractivity contribution in [2.45, 2.75) is 51.6 Å². The van der Waals surface area contributed by atoms with Crippen LogP contribution in [0.15, 0.2) is 54.6 Å². The minimum absolute atomic E-state index is 0.639. The minimum Gasteiger partial charge on any atom is -0.489 e. The maximum Gasteiger partial charge on any atom is 0.120 e. The molecule has 2 aromatic carbocycles. The summed E-state index contributed by atoms with van der Waals surface area (Å²) < 4.78 is 6.00. The molecule has 0 spiro atoms. The number of benzene rings is 2. The van der Waals surface area contributed by atoms with Gasteiger partial charge in [-0.15, -0.1) is 0 Å². The number of nitrogens with one attached hydrogen (secondary N) is 1. The summed E-state index contributed by atoms with van der Waals surface area (Å²) in [6.45, 7) is 5.22. The molecule has 1 N–H and O–H groups in total. The minimum atomic E-state index is 0.639. The van der Waals surface area contributed by atoms with Crippen LogP contribution in [0.2, 0.25) is 0 Å². The Hall–Kier alpha value is -1.80. The number of rotatable bonds is 8. The molecule has 0 aromatic heterocycles. The molecule has 2 aromatic rings. The maximum absolute atomic E-state index is 6.00. The molecule has 0 amide bonds. The largest absolute Gasteiger partial charge is 0.489 e. The lowest BCUT2D eigenvalue weighted by Crippen LogP contribution is -2.26. The van der Waals surface area contributed by atoms with Gasteiger partial charge in [0.05, 0.1) is 0 Å². The average molecular weight is 338 g/mol. The molecule has 1 fully saturated rings. The van der Waals surface area contributed by atoms with Crippen LogP contribution in [0.5, 0.6) is 5.75 Å². The summed E-state index contributed by atoms with van der Waals surface area (Å²) in [6, 6.07) is 19.1. The van der Waals surface area contributed by atoms with Gasteiger partial charge in [0.1, 0.15) is 12.4 Å². The summed E-state index contributed by atoms with van der Waals surface area (Å²) in [4.78, 5) is 0. The molecule has 0 saturated heterocycles. The lowest BCUT2D eigenvalue weighted by molar-refractivity contribution is 0.301. The summed E-state index contributed by atoms with van der Waals surface area (Å²) in [5.41, 5.74) is 2.67. The summed E-state index contributed by atoms with van der Waals surface area (Å²) in [5, 5.41) is 3.58. The SMILES string of the molecule is CCCNCC1CCC(c2cccc(OCc3ccccc3)c2)CC1. The Kier molecular flexibility index (Phi) is 6.93. The first-order valence-corrected chi connectivity index (χ1v) is 9.82. The van der Waals surface area contributed by atoms with Crippen molar-refractivity contribution in [1.82, 2.24) is 5.32 Å². The van der Waals surface area contributed by atoms with E-state index in [1.165, 1.54) is 49.8 Å². The highest BCUT2D eigenvalue weighted by Gasteiger charge is 2.22. The summed E-state index contributed by atoms with van der Waals surface area (Å²) in [5.74, 6) is 2.55. The van der Waals surface area contributed by atoms with Crippen molar-refractivity contribution in [3.63, 3.8) is 0 Å². The van der Waals surface area contributed by atoms with Gasteiger partial charge in [-0.05, 0) is 80.3 Å². The molecule has 1 aliphatic carbocycles. The van der Waals surface area contributed by atoms with Crippen molar-refractivity contribution >= 4 is 0 Å². The highest BCUT2D eigenvalue weighted by atomic mass is 16.5. The van der Waals surface area contributed by atoms with Gasteiger partial charge >= 0.3 is 0 Å². The van der Waals surface area contributed by atoms with Gasteiger partial charge in [-0.3, -0.25) is 0 Å². The van der Waals surface area contributed by atoms with Gasteiger partial charge in [-0.25, -0.2) is 0 Å². The van der Waals surface area contributed by atoms with Crippen LogP contribution in [0.25, 0.3) is 0 Å². The Morgan fingerprint density at radius 1 is 0.960 bits per heavy atom. The van der Waals surface area contributed by atoms with Gasteiger partial charge in [0.2, 0.25) is 0 Å². The van der Waals surface area contributed by atoms with Gasteiger partial charge in [-0.2, -0.15) is 0 Å². The van der Waals surface area contributed by atoms with E-state index in [1.54, 1.807) is 0 Å². The Labute approximate surface area is 152 Å². The van der Waals surface area contributed by atoms with Crippen molar-refractivity contribution in [2.75, 3.05) is 13.1 Å². The predicted octanol–water partition coefficient (Wildman–Crippen LogP) is 5.54. The van der Waals surface area contributed by atoms with E-state index in [1.807, 2.05) is 6.07 Å². The first kappa shape index (κ1) is 18.0. The average Bonchev–Trinajstić information content (AvgIpc) is 2.68. The molecule has 1 aliphatic rings. The molecule has 2 heteroatoms. The number of hydrogen-bond acceptors (Lipinski definition) is 2. The van der Waals surface area contributed by atoms with E-state index in [0.717, 1.165) is 18.2 Å². The molecule has 0 radical (unpaired) electrons. The van der Waals surface area contributed by atoms with Crippen molar-refractivity contribution in [3.8, 4) is 5.75 Å². The number of ether oxygens (including phenoxy) is 1. The lowest BCUT2D eigenvalue weighted by Gasteiger charge is -2.29. The van der Waals surface area contributed by atoms with E-state index in [0.29, 0.717) is 12.5 Å². The van der Waals surface area contributed by atoms with E-state index >= 15 is 0 Å². The monoisotopic (exact) mass is 337 g/mol. The topological polar surface area (TPSA) is 21.3 Å². The third-order valence-electron chi connectivity index (χ3n) is 5.28. The van der Waals surface area contributed by atoms with Gasteiger partial charge in [0.15, 0.2) is 0 Å². The van der Waals surface area contributed by atoms with Gasteiger partial charge in [-0.1, -0.05) is 49.4 Å². The third kappa shape index (κ3) is 5.61. The molecular weight excluding hydrogens is 306 g/mol. The molecule has 1 saturated carbocycles. The maximum atomic E-state index is 6.00. The third-order valence-corrected chi connectivity index (χ3v) is 5.28. The zero-order valence-electron chi connectivity index (χ0n) is 15.4. The second kappa shape index (κ2) is 9.62. The molecule has 0 heterocycles. The Morgan fingerprint density at radius 3 is 2.52 bits per heavy atom. The molecule has 0 atom stereocenters. The summed E-state index contributed by atoms with van der Waals surface area (Å²) >= 11 is 0. The molecule has 25 heavy (non-hydrogen) atoms.